The van der Waals surface area contributed by atoms with Crippen LogP contribution in [0.4, 0.5) is 13.2 Å². The molecule has 0 radical (unpaired) electrons. The van der Waals surface area contributed by atoms with E-state index in [1.165, 1.54) is 0 Å². The molecule has 2 rings (SSSR count). The maximum atomic E-state index is 12.8. The number of halogens is 3. The van der Waals surface area contributed by atoms with Gasteiger partial charge < -0.3 is 5.32 Å². The summed E-state index contributed by atoms with van der Waals surface area (Å²) in [4.78, 5) is 1.94. The Morgan fingerprint density at radius 3 is 2.50 bits per heavy atom. The summed E-state index contributed by atoms with van der Waals surface area (Å²) in [6, 6.07) is 0.174. The lowest BCUT2D eigenvalue weighted by molar-refractivity contribution is -0.177. The van der Waals surface area contributed by atoms with Crippen LogP contribution in [-0.4, -0.2) is 59.0 Å². The van der Waals surface area contributed by atoms with Gasteiger partial charge in [0.2, 0.25) is 0 Å². The first-order valence-corrected chi connectivity index (χ1v) is 7.82. The molecule has 1 atom stereocenters. The third-order valence-corrected chi connectivity index (χ3v) is 5.14. The smallest absolute Gasteiger partial charge is 0.315 e. The van der Waals surface area contributed by atoms with Crippen LogP contribution < -0.4 is 5.32 Å². The number of alkyl halides is 3. The molecule has 2 fully saturated rings. The Hall–Kier alpha value is -0.140. The highest BCUT2D eigenvalue weighted by Crippen LogP contribution is 2.29. The van der Waals surface area contributed by atoms with Gasteiger partial charge in [0.15, 0.2) is 0 Å². The zero-order valence-corrected chi connectivity index (χ0v) is 11.0. The molecule has 2 aliphatic heterocycles. The summed E-state index contributed by atoms with van der Waals surface area (Å²) in [6.07, 6.45) is -2.61. The highest BCUT2D eigenvalue weighted by atomic mass is 32.2. The fraction of sp³-hybridized carbons (Fsp3) is 1.00. The van der Waals surface area contributed by atoms with Crippen molar-refractivity contribution >= 4 is 10.8 Å². The fourth-order valence-corrected chi connectivity index (χ4v) is 3.91. The van der Waals surface area contributed by atoms with Crippen LogP contribution in [0.1, 0.15) is 12.8 Å². The van der Waals surface area contributed by atoms with E-state index in [4.69, 9.17) is 0 Å². The summed E-state index contributed by atoms with van der Waals surface area (Å²) < 4.78 is 49.7. The normalized spacial score (nSPS) is 36.3. The van der Waals surface area contributed by atoms with Gasteiger partial charge in [-0.25, -0.2) is 0 Å². The molecule has 0 bridgehead atoms. The van der Waals surface area contributed by atoms with E-state index in [0.717, 1.165) is 12.8 Å². The Morgan fingerprint density at radius 2 is 1.89 bits per heavy atom. The van der Waals surface area contributed by atoms with E-state index in [1.807, 2.05) is 4.90 Å². The zero-order valence-electron chi connectivity index (χ0n) is 10.2. The molecule has 2 heterocycles. The Morgan fingerprint density at radius 1 is 1.22 bits per heavy atom. The van der Waals surface area contributed by atoms with Crippen molar-refractivity contribution in [3.63, 3.8) is 0 Å². The second-order valence-corrected chi connectivity index (χ2v) is 6.71. The SMILES string of the molecule is O=S1CCC(N2CCNCC(C(F)(F)F)C2)CC1. The number of nitrogens with zero attached hydrogens (tertiary/aromatic N) is 1. The van der Waals surface area contributed by atoms with Gasteiger partial charge in [0.1, 0.15) is 0 Å². The van der Waals surface area contributed by atoms with E-state index in [1.54, 1.807) is 0 Å². The van der Waals surface area contributed by atoms with E-state index >= 15 is 0 Å². The van der Waals surface area contributed by atoms with Gasteiger partial charge in [-0.15, -0.1) is 0 Å². The first kappa shape index (κ1) is 14.3. The molecule has 3 nitrogen and oxygen atoms in total. The van der Waals surface area contributed by atoms with Crippen molar-refractivity contribution in [1.29, 1.82) is 0 Å². The minimum absolute atomic E-state index is 0.0126. The second-order valence-electron chi connectivity index (χ2n) is 5.02. The molecule has 106 valence electrons. The summed E-state index contributed by atoms with van der Waals surface area (Å²) in [7, 11) is -0.760. The van der Waals surface area contributed by atoms with Crippen molar-refractivity contribution in [3.05, 3.63) is 0 Å². The second kappa shape index (κ2) is 5.88. The van der Waals surface area contributed by atoms with Crippen molar-refractivity contribution in [3.8, 4) is 0 Å². The fourth-order valence-electron chi connectivity index (χ4n) is 2.64. The van der Waals surface area contributed by atoms with Gasteiger partial charge in [-0.1, -0.05) is 0 Å². The highest BCUT2D eigenvalue weighted by Gasteiger charge is 2.42. The van der Waals surface area contributed by atoms with Gasteiger partial charge in [-0.3, -0.25) is 9.11 Å². The zero-order chi connectivity index (χ0) is 13.2. The van der Waals surface area contributed by atoms with E-state index in [0.29, 0.717) is 24.6 Å². The molecule has 2 aliphatic rings. The average Bonchev–Trinajstić information content (AvgIpc) is 2.55. The minimum Gasteiger partial charge on any atom is -0.315 e. The maximum Gasteiger partial charge on any atom is 0.394 e. The molecule has 1 unspecified atom stereocenters. The molecule has 0 amide bonds. The van der Waals surface area contributed by atoms with E-state index in [9.17, 15) is 17.4 Å². The molecule has 18 heavy (non-hydrogen) atoms. The van der Waals surface area contributed by atoms with Crippen LogP contribution in [0, 0.1) is 5.92 Å². The monoisotopic (exact) mass is 284 g/mol. The van der Waals surface area contributed by atoms with Gasteiger partial charge >= 0.3 is 6.18 Å². The molecule has 0 spiro atoms. The van der Waals surface area contributed by atoms with Crippen molar-refractivity contribution in [2.24, 2.45) is 5.92 Å². The lowest BCUT2D eigenvalue weighted by Crippen LogP contribution is -2.45. The minimum atomic E-state index is -4.13. The molecule has 0 aromatic carbocycles. The van der Waals surface area contributed by atoms with Crippen LogP contribution in [-0.2, 0) is 10.8 Å². The van der Waals surface area contributed by atoms with Crippen molar-refractivity contribution in [2.45, 2.75) is 25.1 Å². The molecule has 7 heteroatoms. The van der Waals surface area contributed by atoms with Crippen LogP contribution in [0.2, 0.25) is 0 Å². The molecule has 1 N–H and O–H groups in total. The average molecular weight is 284 g/mol. The molecule has 0 saturated carbocycles. The van der Waals surface area contributed by atoms with Crippen molar-refractivity contribution in [1.82, 2.24) is 10.2 Å². The maximum absolute atomic E-state index is 12.8. The topological polar surface area (TPSA) is 32.3 Å². The summed E-state index contributed by atoms with van der Waals surface area (Å²) in [5.74, 6) is -0.0243. The summed E-state index contributed by atoms with van der Waals surface area (Å²) in [5, 5.41) is 2.86. The number of hydrogen-bond donors (Lipinski definition) is 1. The Bertz CT molecular complexity index is 301. The van der Waals surface area contributed by atoms with Gasteiger partial charge in [0.25, 0.3) is 0 Å². The molecule has 0 aliphatic carbocycles. The Labute approximate surface area is 108 Å². The predicted molar refractivity (Wildman–Crippen MR) is 64.9 cm³/mol. The van der Waals surface area contributed by atoms with Crippen LogP contribution in [0.3, 0.4) is 0 Å². The Balaban J connectivity index is 1.96. The van der Waals surface area contributed by atoms with Gasteiger partial charge in [0, 0.05) is 54.5 Å². The molecule has 2 saturated heterocycles. The molecule has 0 aromatic rings. The van der Waals surface area contributed by atoms with Crippen LogP contribution in [0.25, 0.3) is 0 Å². The first-order valence-electron chi connectivity index (χ1n) is 6.33. The van der Waals surface area contributed by atoms with Crippen LogP contribution >= 0.6 is 0 Å². The summed E-state index contributed by atoms with van der Waals surface area (Å²) in [5.41, 5.74) is 0. The predicted octanol–water partition coefficient (Wildman–Crippen LogP) is 0.981. The Kier molecular flexibility index (Phi) is 4.66. The third kappa shape index (κ3) is 3.68. The van der Waals surface area contributed by atoms with Gasteiger partial charge in [0.05, 0.1) is 5.92 Å². The summed E-state index contributed by atoms with van der Waals surface area (Å²) in [6.45, 7) is 1.35. The van der Waals surface area contributed by atoms with E-state index in [-0.39, 0.29) is 19.1 Å². The summed E-state index contributed by atoms with van der Waals surface area (Å²) >= 11 is 0. The molecule has 0 aromatic heterocycles. The third-order valence-electron chi connectivity index (χ3n) is 3.76. The van der Waals surface area contributed by atoms with Gasteiger partial charge in [-0.05, 0) is 12.8 Å². The van der Waals surface area contributed by atoms with E-state index < -0.39 is 22.9 Å². The van der Waals surface area contributed by atoms with Gasteiger partial charge in [-0.2, -0.15) is 13.2 Å². The number of nitrogens with one attached hydrogen (secondary N) is 1. The molecular weight excluding hydrogens is 265 g/mol. The first-order chi connectivity index (χ1) is 8.47. The lowest BCUT2D eigenvalue weighted by Gasteiger charge is -2.34. The standard InChI is InChI=1S/C11H19F3N2OS/c12-11(13,14)9-7-15-3-4-16(8-9)10-1-5-18(17)6-2-10/h9-10,15H,1-8H2. The highest BCUT2D eigenvalue weighted by molar-refractivity contribution is 7.85. The number of hydrogen-bond acceptors (Lipinski definition) is 3. The number of rotatable bonds is 1. The quantitative estimate of drug-likeness (QED) is 0.779. The molecular formula is C11H19F3N2OS. The van der Waals surface area contributed by atoms with Crippen LogP contribution in [0.15, 0.2) is 0 Å². The van der Waals surface area contributed by atoms with Crippen molar-refractivity contribution < 1.29 is 17.4 Å². The van der Waals surface area contributed by atoms with Crippen LogP contribution in [0.5, 0.6) is 0 Å². The largest absolute Gasteiger partial charge is 0.394 e. The van der Waals surface area contributed by atoms with E-state index in [2.05, 4.69) is 5.32 Å². The van der Waals surface area contributed by atoms with Crippen molar-refractivity contribution in [2.75, 3.05) is 37.7 Å². The lowest BCUT2D eigenvalue weighted by atomic mass is 10.1.